The molecule has 4 nitrogen and oxygen atoms in total. The molecule has 0 saturated heterocycles. The third kappa shape index (κ3) is 4.46. The van der Waals surface area contributed by atoms with E-state index in [0.717, 1.165) is 5.56 Å². The number of carbonyl (C=O) groups excluding carboxylic acids is 2. The zero-order valence-corrected chi connectivity index (χ0v) is 12.5. The lowest BCUT2D eigenvalue weighted by molar-refractivity contribution is -0.134. The highest BCUT2D eigenvalue weighted by Crippen LogP contribution is 2.16. The summed E-state index contributed by atoms with van der Waals surface area (Å²) < 4.78 is 9.75. The molecule has 2 rings (SSSR count). The molecule has 0 aliphatic carbocycles. The lowest BCUT2D eigenvalue weighted by atomic mass is 10.2. The fraction of sp³-hybridized carbons (Fsp3) is 0.0588. The summed E-state index contributed by atoms with van der Waals surface area (Å²) >= 11 is 5.76. The van der Waals surface area contributed by atoms with Gasteiger partial charge in [0.15, 0.2) is 0 Å². The Morgan fingerprint density at radius 1 is 1.00 bits per heavy atom. The Hall–Kier alpha value is -2.59. The molecule has 0 spiro atoms. The molecule has 0 aliphatic rings. The fourth-order valence-corrected chi connectivity index (χ4v) is 1.76. The number of hydrogen-bond acceptors (Lipinski definition) is 4. The smallest absolute Gasteiger partial charge is 0.343 e. The van der Waals surface area contributed by atoms with Gasteiger partial charge in [-0.25, -0.2) is 9.59 Å². The van der Waals surface area contributed by atoms with E-state index in [1.54, 1.807) is 54.6 Å². The quantitative estimate of drug-likeness (QED) is 0.490. The molecule has 0 atom stereocenters. The Kier molecular flexibility index (Phi) is 5.33. The van der Waals surface area contributed by atoms with Crippen molar-refractivity contribution in [3.8, 4) is 5.75 Å². The first-order chi connectivity index (χ1) is 10.6. The van der Waals surface area contributed by atoms with Gasteiger partial charge < -0.3 is 9.47 Å². The van der Waals surface area contributed by atoms with Gasteiger partial charge in [0.05, 0.1) is 12.7 Å². The van der Waals surface area contributed by atoms with Crippen molar-refractivity contribution in [1.82, 2.24) is 0 Å². The lowest BCUT2D eigenvalue weighted by Gasteiger charge is -2.04. The molecule has 0 saturated carbocycles. The maximum atomic E-state index is 11.9. The van der Waals surface area contributed by atoms with Crippen LogP contribution in [0.15, 0.2) is 54.6 Å². The SMILES string of the molecule is COC(=O)/C=C/c1ccc(OC(=O)c2ccc(Cl)cc2)cc1. The molecule has 2 aromatic rings. The van der Waals surface area contributed by atoms with Crippen LogP contribution >= 0.6 is 11.6 Å². The van der Waals surface area contributed by atoms with Crippen molar-refractivity contribution < 1.29 is 19.1 Å². The molecule has 0 aromatic heterocycles. The standard InChI is InChI=1S/C17H13ClO4/c1-21-16(19)11-4-12-2-9-15(10-3-12)22-17(20)13-5-7-14(18)8-6-13/h2-11H,1H3/b11-4+. The van der Waals surface area contributed by atoms with Crippen LogP contribution in [0.5, 0.6) is 5.75 Å². The van der Waals surface area contributed by atoms with E-state index >= 15 is 0 Å². The average Bonchev–Trinajstić information content (AvgIpc) is 2.54. The van der Waals surface area contributed by atoms with Gasteiger partial charge in [-0.15, -0.1) is 0 Å². The van der Waals surface area contributed by atoms with Crippen molar-refractivity contribution in [2.75, 3.05) is 7.11 Å². The second kappa shape index (κ2) is 7.43. The Morgan fingerprint density at radius 3 is 2.23 bits per heavy atom. The molecule has 0 N–H and O–H groups in total. The molecule has 5 heteroatoms. The number of halogens is 1. The van der Waals surface area contributed by atoms with E-state index in [4.69, 9.17) is 16.3 Å². The molecule has 0 unspecified atom stereocenters. The van der Waals surface area contributed by atoms with E-state index in [1.165, 1.54) is 13.2 Å². The van der Waals surface area contributed by atoms with Gasteiger partial charge >= 0.3 is 11.9 Å². The summed E-state index contributed by atoms with van der Waals surface area (Å²) in [4.78, 5) is 22.9. The second-order valence-electron chi connectivity index (χ2n) is 4.32. The molecule has 22 heavy (non-hydrogen) atoms. The summed E-state index contributed by atoms with van der Waals surface area (Å²) in [6.07, 6.45) is 2.92. The third-order valence-corrected chi connectivity index (χ3v) is 3.04. The third-order valence-electron chi connectivity index (χ3n) is 2.78. The first-order valence-corrected chi connectivity index (χ1v) is 6.80. The molecule has 0 aliphatic heterocycles. The minimum atomic E-state index is -0.463. The van der Waals surface area contributed by atoms with Crippen LogP contribution in [0.25, 0.3) is 6.08 Å². The molecule has 2 aromatic carbocycles. The Morgan fingerprint density at radius 2 is 1.64 bits per heavy atom. The first kappa shape index (κ1) is 15.8. The van der Waals surface area contributed by atoms with Gasteiger partial charge in [-0.2, -0.15) is 0 Å². The van der Waals surface area contributed by atoms with E-state index in [-0.39, 0.29) is 0 Å². The summed E-state index contributed by atoms with van der Waals surface area (Å²) in [5.74, 6) is -0.483. The number of benzene rings is 2. The number of hydrogen-bond donors (Lipinski definition) is 0. The highest BCUT2D eigenvalue weighted by molar-refractivity contribution is 6.30. The molecule has 0 bridgehead atoms. The Balaban J connectivity index is 2.02. The minimum Gasteiger partial charge on any atom is -0.466 e. The van der Waals surface area contributed by atoms with Crippen LogP contribution in [-0.2, 0) is 9.53 Å². The van der Waals surface area contributed by atoms with Gasteiger partial charge in [-0.1, -0.05) is 23.7 Å². The van der Waals surface area contributed by atoms with Gasteiger partial charge in [0.2, 0.25) is 0 Å². The van der Waals surface area contributed by atoms with Crippen LogP contribution < -0.4 is 4.74 Å². The molecule has 0 radical (unpaired) electrons. The molecule has 112 valence electrons. The predicted molar refractivity (Wildman–Crippen MR) is 83.9 cm³/mol. The van der Waals surface area contributed by atoms with Crippen LogP contribution in [0.3, 0.4) is 0 Å². The summed E-state index contributed by atoms with van der Waals surface area (Å²) in [6.45, 7) is 0. The van der Waals surface area contributed by atoms with Gasteiger partial charge in [0.1, 0.15) is 5.75 Å². The van der Waals surface area contributed by atoms with Gasteiger partial charge in [0, 0.05) is 11.1 Å². The minimum absolute atomic E-state index is 0.412. The zero-order chi connectivity index (χ0) is 15.9. The van der Waals surface area contributed by atoms with Crippen LogP contribution in [0.2, 0.25) is 5.02 Å². The van der Waals surface area contributed by atoms with Crippen molar-refractivity contribution in [3.05, 3.63) is 70.8 Å². The number of rotatable bonds is 4. The van der Waals surface area contributed by atoms with Gasteiger partial charge in [-0.3, -0.25) is 0 Å². The average molecular weight is 317 g/mol. The van der Waals surface area contributed by atoms with Crippen molar-refractivity contribution >= 4 is 29.6 Å². The number of ether oxygens (including phenoxy) is 2. The van der Waals surface area contributed by atoms with E-state index in [9.17, 15) is 9.59 Å². The first-order valence-electron chi connectivity index (χ1n) is 6.42. The topological polar surface area (TPSA) is 52.6 Å². The van der Waals surface area contributed by atoms with Crippen LogP contribution in [-0.4, -0.2) is 19.0 Å². The van der Waals surface area contributed by atoms with Crippen molar-refractivity contribution in [3.63, 3.8) is 0 Å². The van der Waals surface area contributed by atoms with E-state index < -0.39 is 11.9 Å². The van der Waals surface area contributed by atoms with Crippen LogP contribution in [0.4, 0.5) is 0 Å². The summed E-state index contributed by atoms with van der Waals surface area (Å²) in [5.41, 5.74) is 1.20. The maximum absolute atomic E-state index is 11.9. The van der Waals surface area contributed by atoms with E-state index in [2.05, 4.69) is 4.74 Å². The maximum Gasteiger partial charge on any atom is 0.343 e. The number of methoxy groups -OCH3 is 1. The summed E-state index contributed by atoms with van der Waals surface area (Å²) in [6, 6.07) is 13.2. The van der Waals surface area contributed by atoms with Crippen LogP contribution in [0.1, 0.15) is 15.9 Å². The number of esters is 2. The fourth-order valence-electron chi connectivity index (χ4n) is 1.63. The summed E-state index contributed by atoms with van der Waals surface area (Å²) in [7, 11) is 1.31. The Bertz CT molecular complexity index is 688. The lowest BCUT2D eigenvalue weighted by Crippen LogP contribution is -2.08. The second-order valence-corrected chi connectivity index (χ2v) is 4.76. The molecule has 0 fully saturated rings. The predicted octanol–water partition coefficient (Wildman–Crippen LogP) is 3.75. The van der Waals surface area contributed by atoms with E-state index in [0.29, 0.717) is 16.3 Å². The van der Waals surface area contributed by atoms with Gasteiger partial charge in [0.25, 0.3) is 0 Å². The highest BCUT2D eigenvalue weighted by Gasteiger charge is 2.08. The molecule has 0 amide bonds. The van der Waals surface area contributed by atoms with Crippen LogP contribution in [0, 0.1) is 0 Å². The highest BCUT2D eigenvalue weighted by atomic mass is 35.5. The monoisotopic (exact) mass is 316 g/mol. The van der Waals surface area contributed by atoms with E-state index in [1.807, 2.05) is 0 Å². The van der Waals surface area contributed by atoms with Gasteiger partial charge in [-0.05, 0) is 48.0 Å². The number of carbonyl (C=O) groups is 2. The van der Waals surface area contributed by atoms with Crippen molar-refractivity contribution in [1.29, 1.82) is 0 Å². The molecule has 0 heterocycles. The summed E-state index contributed by atoms with van der Waals surface area (Å²) in [5, 5.41) is 0.554. The van der Waals surface area contributed by atoms with Crippen molar-refractivity contribution in [2.24, 2.45) is 0 Å². The van der Waals surface area contributed by atoms with Crippen molar-refractivity contribution in [2.45, 2.75) is 0 Å². The normalized spacial score (nSPS) is 10.5. The molecular formula is C17H13ClO4. The zero-order valence-electron chi connectivity index (χ0n) is 11.8. The largest absolute Gasteiger partial charge is 0.466 e. The Labute approximate surface area is 132 Å². The molecular weight excluding hydrogens is 304 g/mol.